The van der Waals surface area contributed by atoms with E-state index in [2.05, 4.69) is 25.4 Å². The molecule has 1 saturated heterocycles. The number of nitrogens with one attached hydrogen (secondary N) is 3. The van der Waals surface area contributed by atoms with E-state index in [0.29, 0.717) is 47.2 Å². The topological polar surface area (TPSA) is 144 Å². The van der Waals surface area contributed by atoms with Crippen LogP contribution in [0.15, 0.2) is 39.8 Å². The smallest absolute Gasteiger partial charge is 0.270 e. The van der Waals surface area contributed by atoms with Crippen LogP contribution >= 0.6 is 0 Å². The summed E-state index contributed by atoms with van der Waals surface area (Å²) in [6, 6.07) is 8.52. The lowest BCUT2D eigenvalue weighted by molar-refractivity contribution is -0.0164. The van der Waals surface area contributed by atoms with Crippen molar-refractivity contribution in [1.82, 2.24) is 20.3 Å². The number of likely N-dealkylation sites (tertiary alicyclic amines) is 1. The molecule has 1 aliphatic heterocycles. The maximum atomic E-state index is 13.8. The number of benzene rings is 2. The maximum absolute atomic E-state index is 13.8. The van der Waals surface area contributed by atoms with Crippen molar-refractivity contribution in [3.63, 3.8) is 0 Å². The number of anilines is 3. The Morgan fingerprint density at radius 2 is 1.69 bits per heavy atom. The summed E-state index contributed by atoms with van der Waals surface area (Å²) in [6.07, 6.45) is 1.41. The summed E-state index contributed by atoms with van der Waals surface area (Å²) >= 11 is 0. The molecular formula is C28H33FN6O6S. The van der Waals surface area contributed by atoms with Gasteiger partial charge in [0, 0.05) is 42.4 Å². The third-order valence-corrected chi connectivity index (χ3v) is 9.37. The van der Waals surface area contributed by atoms with Crippen molar-refractivity contribution < 1.29 is 31.5 Å². The zero-order valence-corrected chi connectivity index (χ0v) is 24.8. The fourth-order valence-corrected chi connectivity index (χ4v) is 6.50. The minimum absolute atomic E-state index is 0.0336. The number of rotatable bonds is 11. The van der Waals surface area contributed by atoms with Gasteiger partial charge < -0.3 is 24.1 Å². The fourth-order valence-electron chi connectivity index (χ4n) is 5.19. The molecule has 0 spiro atoms. The van der Waals surface area contributed by atoms with Gasteiger partial charge in [-0.05, 0) is 50.5 Å². The molecule has 0 unspecified atom stereocenters. The minimum atomic E-state index is -4.29. The van der Waals surface area contributed by atoms with Gasteiger partial charge in [0.05, 0.1) is 32.4 Å². The quantitative estimate of drug-likeness (QED) is 0.218. The number of methoxy groups -OCH3 is 3. The normalized spacial score (nSPS) is 16.3. The molecule has 0 bridgehead atoms. The first kappa shape index (κ1) is 28.1. The SMILES string of the molecule is COc1cc2c(NS(=O)(=O)c3c(OC)cc(C(C)(C)N4CC(F)C4)cc3OC)noc2cc1Nc1cc(C2CC2)[nH]n1. The monoisotopic (exact) mass is 600 g/mol. The Morgan fingerprint density at radius 3 is 2.29 bits per heavy atom. The lowest BCUT2D eigenvalue weighted by Crippen LogP contribution is -2.56. The highest BCUT2D eigenvalue weighted by molar-refractivity contribution is 7.93. The van der Waals surface area contributed by atoms with Crippen LogP contribution in [0.1, 0.15) is 43.9 Å². The van der Waals surface area contributed by atoms with Crippen LogP contribution in [0.5, 0.6) is 17.2 Å². The molecule has 0 radical (unpaired) electrons. The summed E-state index contributed by atoms with van der Waals surface area (Å²) in [6.45, 7) is 4.47. The van der Waals surface area contributed by atoms with Gasteiger partial charge in [0.25, 0.3) is 10.0 Å². The first-order valence-corrected chi connectivity index (χ1v) is 15.0. The third kappa shape index (κ3) is 4.98. The predicted molar refractivity (Wildman–Crippen MR) is 154 cm³/mol. The number of hydrogen-bond acceptors (Lipinski definition) is 10. The number of fused-ring (bicyclic) bond motifs is 1. The predicted octanol–water partition coefficient (Wildman–Crippen LogP) is 4.89. The Bertz CT molecular complexity index is 1720. The van der Waals surface area contributed by atoms with E-state index >= 15 is 0 Å². The second-order valence-corrected chi connectivity index (χ2v) is 12.7. The Kier molecular flexibility index (Phi) is 6.92. The molecule has 2 aromatic carbocycles. The highest BCUT2D eigenvalue weighted by atomic mass is 32.2. The van der Waals surface area contributed by atoms with Crippen molar-refractivity contribution in [2.24, 2.45) is 0 Å². The van der Waals surface area contributed by atoms with Gasteiger partial charge in [-0.3, -0.25) is 14.7 Å². The number of aromatic amines is 1. The molecule has 2 aromatic heterocycles. The summed E-state index contributed by atoms with van der Waals surface area (Å²) < 4.78 is 65.8. The van der Waals surface area contributed by atoms with E-state index < -0.39 is 21.7 Å². The largest absolute Gasteiger partial charge is 0.495 e. The van der Waals surface area contributed by atoms with Crippen molar-refractivity contribution >= 4 is 38.3 Å². The second-order valence-electron chi connectivity index (χ2n) is 11.1. The van der Waals surface area contributed by atoms with Crippen molar-refractivity contribution in [3.05, 3.63) is 41.6 Å². The zero-order chi connectivity index (χ0) is 29.8. The van der Waals surface area contributed by atoms with Gasteiger partial charge in [-0.15, -0.1) is 0 Å². The van der Waals surface area contributed by atoms with Crippen LogP contribution in [0.2, 0.25) is 0 Å². The summed E-state index contributed by atoms with van der Waals surface area (Å²) in [7, 11) is -0.0198. The Morgan fingerprint density at radius 1 is 1.02 bits per heavy atom. The number of H-pyrrole nitrogens is 1. The summed E-state index contributed by atoms with van der Waals surface area (Å²) in [4.78, 5) is 1.76. The van der Waals surface area contributed by atoms with E-state index in [9.17, 15) is 12.8 Å². The summed E-state index contributed by atoms with van der Waals surface area (Å²) in [5, 5.41) is 15.0. The molecular weight excluding hydrogens is 567 g/mol. The number of sulfonamides is 1. The molecule has 1 saturated carbocycles. The molecule has 224 valence electrons. The number of halogens is 1. The standard InChI is InChI=1S/C28H33FN6O6S/c1-28(2,35-13-17(29)14-35)16-8-23(39-4)26(24(9-16)40-5)42(36,37)34-27-18-10-22(38-3)20(11-21(18)41-33-27)30-25-12-19(31-32-25)15-6-7-15/h8-12,15,17H,6-7,13-14H2,1-5H3,(H,33,34)(H2,30,31,32). The molecule has 0 amide bonds. The molecule has 6 rings (SSSR count). The van der Waals surface area contributed by atoms with E-state index in [1.165, 1.54) is 21.3 Å². The molecule has 1 aliphatic carbocycles. The highest BCUT2D eigenvalue weighted by Crippen LogP contribution is 2.43. The van der Waals surface area contributed by atoms with Crippen LogP contribution in [0.4, 0.5) is 21.7 Å². The first-order valence-electron chi connectivity index (χ1n) is 13.5. The second kappa shape index (κ2) is 10.3. The van der Waals surface area contributed by atoms with Gasteiger partial charge >= 0.3 is 0 Å². The maximum Gasteiger partial charge on any atom is 0.270 e. The molecule has 2 aliphatic rings. The molecule has 3 heterocycles. The van der Waals surface area contributed by atoms with E-state index in [1.54, 1.807) is 24.3 Å². The van der Waals surface area contributed by atoms with Crippen LogP contribution in [0, 0.1) is 0 Å². The molecule has 12 nitrogen and oxygen atoms in total. The lowest BCUT2D eigenvalue weighted by atomic mass is 9.88. The van der Waals surface area contributed by atoms with Gasteiger partial charge in [-0.2, -0.15) is 5.10 Å². The molecule has 14 heteroatoms. The Labute approximate surface area is 242 Å². The third-order valence-electron chi connectivity index (χ3n) is 7.96. The van der Waals surface area contributed by atoms with E-state index in [-0.39, 0.29) is 22.2 Å². The molecule has 42 heavy (non-hydrogen) atoms. The van der Waals surface area contributed by atoms with Crippen molar-refractivity contribution in [1.29, 1.82) is 0 Å². The van der Waals surface area contributed by atoms with Gasteiger partial charge in [-0.25, -0.2) is 12.8 Å². The summed E-state index contributed by atoms with van der Waals surface area (Å²) in [5.41, 5.74) is 2.11. The van der Waals surface area contributed by atoms with Crippen molar-refractivity contribution in [2.75, 3.05) is 44.5 Å². The lowest BCUT2D eigenvalue weighted by Gasteiger charge is -2.46. The number of alkyl halides is 1. The zero-order valence-electron chi connectivity index (χ0n) is 23.9. The highest BCUT2D eigenvalue weighted by Gasteiger charge is 2.40. The Hall–Kier alpha value is -4.04. The number of ether oxygens (including phenoxy) is 3. The fraction of sp³-hybridized carbons (Fsp3) is 0.429. The van der Waals surface area contributed by atoms with Gasteiger partial charge in [0.15, 0.2) is 22.1 Å². The number of aromatic nitrogens is 3. The molecule has 3 N–H and O–H groups in total. The van der Waals surface area contributed by atoms with Crippen LogP contribution < -0.4 is 24.2 Å². The van der Waals surface area contributed by atoms with E-state index in [1.807, 2.05) is 24.8 Å². The van der Waals surface area contributed by atoms with Crippen LogP contribution in [0.25, 0.3) is 11.0 Å². The van der Waals surface area contributed by atoms with Crippen molar-refractivity contribution in [3.8, 4) is 17.2 Å². The minimum Gasteiger partial charge on any atom is -0.495 e. The average molecular weight is 601 g/mol. The van der Waals surface area contributed by atoms with E-state index in [4.69, 9.17) is 18.7 Å². The Balaban J connectivity index is 1.31. The number of hydrogen-bond donors (Lipinski definition) is 3. The molecule has 4 aromatic rings. The van der Waals surface area contributed by atoms with Gasteiger partial charge in [0.2, 0.25) is 0 Å². The molecule has 0 atom stereocenters. The van der Waals surface area contributed by atoms with Crippen LogP contribution in [-0.2, 0) is 15.6 Å². The van der Waals surface area contributed by atoms with Gasteiger partial charge in [-0.1, -0.05) is 5.16 Å². The van der Waals surface area contributed by atoms with Crippen molar-refractivity contribution in [2.45, 2.75) is 49.2 Å². The van der Waals surface area contributed by atoms with Crippen LogP contribution in [0.3, 0.4) is 0 Å². The number of nitrogens with zero attached hydrogens (tertiary/aromatic N) is 3. The summed E-state index contributed by atoms with van der Waals surface area (Å²) in [5.74, 6) is 1.69. The average Bonchev–Trinajstić information content (AvgIpc) is 3.59. The van der Waals surface area contributed by atoms with Crippen LogP contribution in [-0.4, -0.2) is 69.3 Å². The van der Waals surface area contributed by atoms with E-state index in [0.717, 1.165) is 24.1 Å². The molecule has 2 fully saturated rings. The first-order chi connectivity index (χ1) is 20.0. The van der Waals surface area contributed by atoms with Gasteiger partial charge in [0.1, 0.15) is 23.4 Å².